The van der Waals surface area contributed by atoms with Gasteiger partial charge in [-0.25, -0.2) is 4.39 Å². The molecule has 0 bridgehead atoms. The maximum atomic E-state index is 13.8. The molecule has 0 radical (unpaired) electrons. The monoisotopic (exact) mass is 337 g/mol. The van der Waals surface area contributed by atoms with Gasteiger partial charge in [0.25, 0.3) is 0 Å². The molecule has 0 spiro atoms. The summed E-state index contributed by atoms with van der Waals surface area (Å²) in [6.45, 7) is 3.34. The number of benzene rings is 1. The van der Waals surface area contributed by atoms with Gasteiger partial charge in [0, 0.05) is 33.9 Å². The molecule has 1 aromatic heterocycles. The molecule has 1 N–H and O–H groups in total. The lowest BCUT2D eigenvalue weighted by molar-refractivity contribution is 0.579. The topological polar surface area (TPSA) is 29.9 Å². The van der Waals surface area contributed by atoms with Crippen LogP contribution in [-0.2, 0) is 13.1 Å². The van der Waals surface area contributed by atoms with E-state index in [0.29, 0.717) is 18.2 Å². The Bertz CT molecular complexity index is 620. The fraction of sp³-hybridized carbons (Fsp3) is 0.400. The molecule has 1 fully saturated rings. The van der Waals surface area contributed by atoms with E-state index in [1.165, 1.54) is 24.5 Å². The summed E-state index contributed by atoms with van der Waals surface area (Å²) in [7, 11) is 0. The zero-order valence-electron chi connectivity index (χ0n) is 11.4. The minimum atomic E-state index is -0.194. The fourth-order valence-corrected chi connectivity index (χ4v) is 2.59. The summed E-state index contributed by atoms with van der Waals surface area (Å²) in [5.41, 5.74) is 2.93. The van der Waals surface area contributed by atoms with Gasteiger partial charge < -0.3 is 5.32 Å². The molecule has 5 heteroatoms. The normalized spacial score (nSPS) is 14.8. The minimum Gasteiger partial charge on any atom is -0.310 e. The van der Waals surface area contributed by atoms with Gasteiger partial charge in [0.1, 0.15) is 5.82 Å². The highest BCUT2D eigenvalue weighted by molar-refractivity contribution is 9.10. The molecule has 20 heavy (non-hydrogen) atoms. The quantitative estimate of drug-likeness (QED) is 0.906. The third-order valence-corrected chi connectivity index (χ3v) is 4.18. The number of hydrogen-bond acceptors (Lipinski definition) is 2. The molecule has 1 aliphatic carbocycles. The lowest BCUT2D eigenvalue weighted by atomic mass is 10.2. The molecule has 0 atom stereocenters. The highest BCUT2D eigenvalue weighted by Crippen LogP contribution is 2.21. The number of aromatic nitrogens is 2. The second-order valence-corrected chi connectivity index (χ2v) is 6.22. The predicted molar refractivity (Wildman–Crippen MR) is 80.0 cm³/mol. The average molecular weight is 338 g/mol. The van der Waals surface area contributed by atoms with E-state index in [0.717, 1.165) is 16.7 Å². The average Bonchev–Trinajstić information content (AvgIpc) is 3.19. The maximum absolute atomic E-state index is 13.8. The summed E-state index contributed by atoms with van der Waals surface area (Å²) in [6.07, 6.45) is 4.42. The van der Waals surface area contributed by atoms with Gasteiger partial charge in [0.15, 0.2) is 0 Å². The Morgan fingerprint density at radius 2 is 2.20 bits per heavy atom. The van der Waals surface area contributed by atoms with E-state index in [2.05, 4.69) is 26.3 Å². The van der Waals surface area contributed by atoms with Crippen molar-refractivity contribution in [1.29, 1.82) is 0 Å². The van der Waals surface area contributed by atoms with Crippen LogP contribution in [0.5, 0.6) is 0 Å². The zero-order valence-corrected chi connectivity index (χ0v) is 13.0. The van der Waals surface area contributed by atoms with E-state index in [1.807, 2.05) is 17.8 Å². The van der Waals surface area contributed by atoms with Gasteiger partial charge in [-0.2, -0.15) is 5.10 Å². The standard InChI is InChI=1S/C15H17BrFN3/c1-10-12(7-18-14-3-4-14)8-19-20(10)9-11-6-13(16)2-5-15(11)17/h2,5-6,8,14,18H,3-4,7,9H2,1H3. The Labute approximate surface area is 126 Å². The first kappa shape index (κ1) is 13.8. The van der Waals surface area contributed by atoms with Crippen molar-refractivity contribution in [3.05, 3.63) is 51.5 Å². The summed E-state index contributed by atoms with van der Waals surface area (Å²) in [5, 5.41) is 7.85. The number of rotatable bonds is 5. The third-order valence-electron chi connectivity index (χ3n) is 3.69. The molecule has 0 amide bonds. The van der Waals surface area contributed by atoms with Crippen molar-refractivity contribution in [2.45, 2.75) is 38.9 Å². The number of hydrogen-bond donors (Lipinski definition) is 1. The molecule has 0 unspecified atom stereocenters. The van der Waals surface area contributed by atoms with Gasteiger partial charge in [-0.3, -0.25) is 4.68 Å². The van der Waals surface area contributed by atoms with E-state index >= 15 is 0 Å². The molecule has 1 saturated carbocycles. The van der Waals surface area contributed by atoms with Gasteiger partial charge in [0.05, 0.1) is 12.7 Å². The minimum absolute atomic E-state index is 0.194. The zero-order chi connectivity index (χ0) is 14.1. The molecule has 3 rings (SSSR count). The first-order valence-electron chi connectivity index (χ1n) is 6.82. The van der Waals surface area contributed by atoms with Gasteiger partial charge in [-0.1, -0.05) is 15.9 Å². The third kappa shape index (κ3) is 3.10. The number of nitrogens with one attached hydrogen (secondary N) is 1. The van der Waals surface area contributed by atoms with Crippen LogP contribution >= 0.6 is 15.9 Å². The highest BCUT2D eigenvalue weighted by Gasteiger charge is 2.20. The molecule has 106 valence electrons. The van der Waals surface area contributed by atoms with Crippen LogP contribution in [0.3, 0.4) is 0 Å². The van der Waals surface area contributed by atoms with Crippen molar-refractivity contribution >= 4 is 15.9 Å². The Balaban J connectivity index is 1.74. The molecule has 1 aliphatic rings. The van der Waals surface area contributed by atoms with Crippen LogP contribution in [0.1, 0.15) is 29.7 Å². The van der Waals surface area contributed by atoms with Crippen molar-refractivity contribution < 1.29 is 4.39 Å². The largest absolute Gasteiger partial charge is 0.310 e. The van der Waals surface area contributed by atoms with Crippen LogP contribution in [-0.4, -0.2) is 15.8 Å². The first-order valence-corrected chi connectivity index (χ1v) is 7.61. The van der Waals surface area contributed by atoms with Crippen molar-refractivity contribution in [1.82, 2.24) is 15.1 Å². The van der Waals surface area contributed by atoms with Crippen LogP contribution in [0.2, 0.25) is 0 Å². The molecule has 1 heterocycles. The van der Waals surface area contributed by atoms with Crippen molar-refractivity contribution in [2.24, 2.45) is 0 Å². The van der Waals surface area contributed by atoms with Gasteiger partial charge in [-0.15, -0.1) is 0 Å². The summed E-state index contributed by atoms with van der Waals surface area (Å²) >= 11 is 3.37. The van der Waals surface area contributed by atoms with E-state index in [9.17, 15) is 4.39 Å². The Morgan fingerprint density at radius 1 is 1.40 bits per heavy atom. The fourth-order valence-electron chi connectivity index (χ4n) is 2.19. The van der Waals surface area contributed by atoms with Crippen LogP contribution in [0.4, 0.5) is 4.39 Å². The predicted octanol–water partition coefficient (Wildman–Crippen LogP) is 3.39. The van der Waals surface area contributed by atoms with Crippen LogP contribution in [0.25, 0.3) is 0 Å². The van der Waals surface area contributed by atoms with E-state index in [1.54, 1.807) is 12.1 Å². The second-order valence-electron chi connectivity index (χ2n) is 5.30. The molecule has 0 saturated heterocycles. The Morgan fingerprint density at radius 3 is 2.95 bits per heavy atom. The number of nitrogens with zero attached hydrogens (tertiary/aromatic N) is 2. The Kier molecular flexibility index (Phi) is 3.89. The van der Waals surface area contributed by atoms with Gasteiger partial charge >= 0.3 is 0 Å². The summed E-state index contributed by atoms with van der Waals surface area (Å²) in [6, 6.07) is 5.67. The van der Waals surface area contributed by atoms with Gasteiger partial charge in [-0.05, 0) is 38.0 Å². The molecular formula is C15H17BrFN3. The van der Waals surface area contributed by atoms with Crippen LogP contribution in [0.15, 0.2) is 28.9 Å². The molecule has 3 nitrogen and oxygen atoms in total. The van der Waals surface area contributed by atoms with E-state index < -0.39 is 0 Å². The molecular weight excluding hydrogens is 321 g/mol. The van der Waals surface area contributed by atoms with E-state index in [-0.39, 0.29) is 5.82 Å². The van der Waals surface area contributed by atoms with Crippen LogP contribution < -0.4 is 5.32 Å². The van der Waals surface area contributed by atoms with E-state index in [4.69, 9.17) is 0 Å². The van der Waals surface area contributed by atoms with Crippen LogP contribution in [0, 0.1) is 12.7 Å². The lowest BCUT2D eigenvalue weighted by Gasteiger charge is -2.08. The van der Waals surface area contributed by atoms with Crippen molar-refractivity contribution in [2.75, 3.05) is 0 Å². The lowest BCUT2D eigenvalue weighted by Crippen LogP contribution is -2.16. The maximum Gasteiger partial charge on any atom is 0.128 e. The molecule has 0 aliphatic heterocycles. The van der Waals surface area contributed by atoms with Crippen molar-refractivity contribution in [3.63, 3.8) is 0 Å². The highest BCUT2D eigenvalue weighted by atomic mass is 79.9. The van der Waals surface area contributed by atoms with Gasteiger partial charge in [0.2, 0.25) is 0 Å². The molecule has 1 aromatic carbocycles. The smallest absolute Gasteiger partial charge is 0.128 e. The summed E-state index contributed by atoms with van der Waals surface area (Å²) in [5.74, 6) is -0.194. The second kappa shape index (κ2) is 5.66. The summed E-state index contributed by atoms with van der Waals surface area (Å²) < 4.78 is 16.5. The first-order chi connectivity index (χ1) is 9.63. The SMILES string of the molecule is Cc1c(CNC2CC2)cnn1Cc1cc(Br)ccc1F. The summed E-state index contributed by atoms with van der Waals surface area (Å²) in [4.78, 5) is 0. The number of halogens is 2. The molecule has 2 aromatic rings. The van der Waals surface area contributed by atoms with Crippen molar-refractivity contribution in [3.8, 4) is 0 Å². The Hall–Kier alpha value is -1.20.